The van der Waals surface area contributed by atoms with Gasteiger partial charge >= 0.3 is 11.9 Å². The highest BCUT2D eigenvalue weighted by Gasteiger charge is 2.48. The summed E-state index contributed by atoms with van der Waals surface area (Å²) in [6, 6.07) is 12.3. The van der Waals surface area contributed by atoms with Crippen LogP contribution in [-0.2, 0) is 14.3 Å². The van der Waals surface area contributed by atoms with Crippen molar-refractivity contribution in [1.29, 1.82) is 0 Å². The first kappa shape index (κ1) is 23.5. The van der Waals surface area contributed by atoms with E-state index in [1.165, 1.54) is 25.2 Å². The number of hydrogen-bond donors (Lipinski definition) is 1. The quantitative estimate of drug-likeness (QED) is 0.238. The van der Waals surface area contributed by atoms with E-state index in [9.17, 15) is 19.5 Å². The van der Waals surface area contributed by atoms with Gasteiger partial charge < -0.3 is 14.6 Å². The van der Waals surface area contributed by atoms with Crippen LogP contribution in [0.15, 0.2) is 54.1 Å². The third-order valence-corrected chi connectivity index (χ3v) is 6.78. The van der Waals surface area contributed by atoms with Crippen molar-refractivity contribution in [1.82, 2.24) is 4.98 Å². The number of benzene rings is 2. The molecule has 0 unspecified atom stereocenters. The number of aromatic nitrogens is 1. The number of aliphatic hydroxyl groups excluding tert-OH is 1. The van der Waals surface area contributed by atoms with Crippen molar-refractivity contribution in [2.45, 2.75) is 13.0 Å². The van der Waals surface area contributed by atoms with Gasteiger partial charge in [-0.05, 0) is 30.7 Å². The maximum Gasteiger partial charge on any atom is 0.350 e. The fraction of sp³-hybridized carbons (Fsp3) is 0.167. The monoisotopic (exact) mass is 498 g/mol. The van der Waals surface area contributed by atoms with Gasteiger partial charge in [0.25, 0.3) is 5.78 Å². The molecular formula is C24H19ClN2O6S. The van der Waals surface area contributed by atoms with Crippen LogP contribution >= 0.6 is 22.9 Å². The first-order chi connectivity index (χ1) is 16.3. The van der Waals surface area contributed by atoms with E-state index in [1.807, 2.05) is 0 Å². The number of thiazole rings is 1. The van der Waals surface area contributed by atoms with Gasteiger partial charge in [0.2, 0.25) is 0 Å². The molecule has 0 radical (unpaired) electrons. The van der Waals surface area contributed by atoms with E-state index in [0.717, 1.165) is 11.3 Å². The molecular weight excluding hydrogens is 480 g/mol. The summed E-state index contributed by atoms with van der Waals surface area (Å²) < 4.78 is 9.94. The van der Waals surface area contributed by atoms with Crippen LogP contribution in [0.25, 0.3) is 5.76 Å². The molecule has 34 heavy (non-hydrogen) atoms. The topological polar surface area (TPSA) is 106 Å². The fourth-order valence-corrected chi connectivity index (χ4v) is 4.99. The third kappa shape index (κ3) is 3.93. The molecule has 1 amide bonds. The average molecular weight is 499 g/mol. The lowest BCUT2D eigenvalue weighted by Crippen LogP contribution is -2.29. The number of ether oxygens (including phenoxy) is 2. The highest BCUT2D eigenvalue weighted by atomic mass is 35.5. The molecule has 1 aliphatic rings. The van der Waals surface area contributed by atoms with Crippen LogP contribution in [0.3, 0.4) is 0 Å². The van der Waals surface area contributed by atoms with Gasteiger partial charge in [-0.15, -0.1) is 0 Å². The number of carbonyl (C=O) groups is 3. The SMILES string of the molecule is COC(=O)c1sc(N2C(=O)C(=O)C(=C(O)c3ccc(OC)c(Cl)c3)[C@H]2c2ccccc2)nc1C. The Hall–Kier alpha value is -3.69. The number of aryl methyl sites for hydroxylation is 1. The molecule has 1 fully saturated rings. The van der Waals surface area contributed by atoms with Crippen molar-refractivity contribution in [3.63, 3.8) is 0 Å². The molecule has 0 bridgehead atoms. The summed E-state index contributed by atoms with van der Waals surface area (Å²) in [4.78, 5) is 44.3. The van der Waals surface area contributed by atoms with Crippen molar-refractivity contribution in [2.24, 2.45) is 0 Å². The van der Waals surface area contributed by atoms with Gasteiger partial charge in [-0.3, -0.25) is 14.5 Å². The number of esters is 1. The molecule has 2 aromatic carbocycles. The molecule has 1 N–H and O–H groups in total. The van der Waals surface area contributed by atoms with E-state index in [-0.39, 0.29) is 31.9 Å². The zero-order valence-electron chi connectivity index (χ0n) is 18.4. The summed E-state index contributed by atoms with van der Waals surface area (Å²) in [6.07, 6.45) is 0. The number of aliphatic hydroxyl groups is 1. The van der Waals surface area contributed by atoms with E-state index < -0.39 is 23.7 Å². The second-order valence-electron chi connectivity index (χ2n) is 7.33. The number of amides is 1. The molecule has 0 saturated carbocycles. The highest BCUT2D eigenvalue weighted by Crippen LogP contribution is 2.44. The molecule has 1 aliphatic heterocycles. The molecule has 3 aromatic rings. The predicted molar refractivity (Wildman–Crippen MR) is 127 cm³/mol. The van der Waals surface area contributed by atoms with Gasteiger partial charge in [0, 0.05) is 5.56 Å². The maximum absolute atomic E-state index is 13.2. The highest BCUT2D eigenvalue weighted by molar-refractivity contribution is 7.17. The number of carbonyl (C=O) groups excluding carboxylic acids is 3. The van der Waals surface area contributed by atoms with Crippen LogP contribution in [0.4, 0.5) is 5.13 Å². The van der Waals surface area contributed by atoms with E-state index in [4.69, 9.17) is 21.1 Å². The Morgan fingerprint density at radius 2 is 1.85 bits per heavy atom. The van der Waals surface area contributed by atoms with Crippen molar-refractivity contribution >= 4 is 51.5 Å². The molecule has 0 aliphatic carbocycles. The van der Waals surface area contributed by atoms with Crippen LogP contribution < -0.4 is 9.64 Å². The third-order valence-electron chi connectivity index (χ3n) is 5.35. The lowest BCUT2D eigenvalue weighted by molar-refractivity contribution is -0.132. The Labute approximate surface area is 204 Å². The normalized spacial score (nSPS) is 17.2. The Kier molecular flexibility index (Phi) is 6.41. The van der Waals surface area contributed by atoms with Crippen LogP contribution in [0.2, 0.25) is 5.02 Å². The van der Waals surface area contributed by atoms with E-state index in [1.54, 1.807) is 49.4 Å². The van der Waals surface area contributed by atoms with Crippen molar-refractivity contribution in [3.8, 4) is 5.75 Å². The molecule has 10 heteroatoms. The van der Waals surface area contributed by atoms with Crippen LogP contribution in [0.5, 0.6) is 5.75 Å². The molecule has 8 nitrogen and oxygen atoms in total. The molecule has 1 saturated heterocycles. The molecule has 1 aromatic heterocycles. The summed E-state index contributed by atoms with van der Waals surface area (Å²) in [5, 5.41) is 11.5. The summed E-state index contributed by atoms with van der Waals surface area (Å²) >= 11 is 7.15. The molecule has 1 atom stereocenters. The Morgan fingerprint density at radius 3 is 2.47 bits per heavy atom. The summed E-state index contributed by atoms with van der Waals surface area (Å²) in [5.41, 5.74) is 1.07. The van der Waals surface area contributed by atoms with E-state index in [0.29, 0.717) is 17.0 Å². The second kappa shape index (κ2) is 9.28. The Balaban J connectivity index is 1.92. The number of nitrogens with zero attached hydrogens (tertiary/aromatic N) is 2. The minimum Gasteiger partial charge on any atom is -0.507 e. The van der Waals surface area contributed by atoms with Crippen LogP contribution in [-0.4, -0.2) is 42.0 Å². The van der Waals surface area contributed by atoms with Gasteiger partial charge in [-0.25, -0.2) is 9.78 Å². The standard InChI is InChI=1S/C24H19ClN2O6S/c1-12-21(23(31)33-3)34-24(26-12)27-18(13-7-5-4-6-8-13)17(20(29)22(27)30)19(28)14-9-10-16(32-2)15(25)11-14/h4-11,18,28H,1-3H3/t18-/m1/s1. The number of hydrogen-bond acceptors (Lipinski definition) is 8. The smallest absolute Gasteiger partial charge is 0.350 e. The van der Waals surface area contributed by atoms with E-state index in [2.05, 4.69) is 4.98 Å². The lowest BCUT2D eigenvalue weighted by Gasteiger charge is -2.23. The second-order valence-corrected chi connectivity index (χ2v) is 8.72. The number of rotatable bonds is 5. The number of halogens is 1. The van der Waals surface area contributed by atoms with Crippen molar-refractivity contribution < 1.29 is 29.0 Å². The van der Waals surface area contributed by atoms with Crippen molar-refractivity contribution in [2.75, 3.05) is 19.1 Å². The minimum absolute atomic E-state index is 0.120. The largest absolute Gasteiger partial charge is 0.507 e. The number of ketones is 1. The Morgan fingerprint density at radius 1 is 1.15 bits per heavy atom. The number of anilines is 1. The van der Waals surface area contributed by atoms with Gasteiger partial charge in [-0.1, -0.05) is 53.3 Å². The summed E-state index contributed by atoms with van der Waals surface area (Å²) in [7, 11) is 2.71. The zero-order valence-corrected chi connectivity index (χ0v) is 19.9. The summed E-state index contributed by atoms with van der Waals surface area (Å²) in [5.74, 6) is -2.35. The first-order valence-electron chi connectivity index (χ1n) is 10.0. The number of methoxy groups -OCH3 is 2. The fourth-order valence-electron chi connectivity index (χ4n) is 3.72. The average Bonchev–Trinajstić information content (AvgIpc) is 3.35. The van der Waals surface area contributed by atoms with E-state index >= 15 is 0 Å². The van der Waals surface area contributed by atoms with Crippen LogP contribution in [0.1, 0.15) is 32.5 Å². The van der Waals surface area contributed by atoms with Gasteiger partial charge in [0.1, 0.15) is 16.4 Å². The molecule has 0 spiro atoms. The molecule has 174 valence electrons. The van der Waals surface area contributed by atoms with Gasteiger partial charge in [0.15, 0.2) is 5.13 Å². The maximum atomic E-state index is 13.2. The zero-order chi connectivity index (χ0) is 24.6. The number of Topliss-reactive ketones (excluding diaryl/α,β-unsaturated/α-hetero) is 1. The molecule has 2 heterocycles. The van der Waals surface area contributed by atoms with Gasteiger partial charge in [0.05, 0.1) is 36.6 Å². The van der Waals surface area contributed by atoms with Crippen LogP contribution in [0, 0.1) is 6.92 Å². The van der Waals surface area contributed by atoms with Gasteiger partial charge in [-0.2, -0.15) is 0 Å². The lowest BCUT2D eigenvalue weighted by atomic mass is 9.95. The Bertz CT molecular complexity index is 1330. The summed E-state index contributed by atoms with van der Waals surface area (Å²) in [6.45, 7) is 1.61. The van der Waals surface area contributed by atoms with Crippen molar-refractivity contribution in [3.05, 3.63) is 80.8 Å². The molecule has 4 rings (SSSR count). The predicted octanol–water partition coefficient (Wildman–Crippen LogP) is 4.53. The minimum atomic E-state index is -0.974. The first-order valence-corrected chi connectivity index (χ1v) is 11.2.